The molecule has 126 valence electrons. The fraction of sp³-hybridized carbons (Fsp3) is 0.333. The highest BCUT2D eigenvalue weighted by molar-refractivity contribution is 7.15. The lowest BCUT2D eigenvalue weighted by Gasteiger charge is -2.11. The summed E-state index contributed by atoms with van der Waals surface area (Å²) in [6, 6.07) is 10.5. The van der Waals surface area contributed by atoms with Crippen LogP contribution in [0.2, 0.25) is 0 Å². The standard InChI is InChI=1S/C18H19NO4S/c20-17(15-9-10-16(24-15)18(21)22)19-13-7-5-12(6-8-13)11-23-14-3-1-2-4-14/h5-10,14H,1-4,11H2,(H,19,20)(H,21,22). The summed E-state index contributed by atoms with van der Waals surface area (Å²) in [7, 11) is 0. The largest absolute Gasteiger partial charge is 0.477 e. The molecule has 0 saturated heterocycles. The van der Waals surface area contributed by atoms with Crippen LogP contribution >= 0.6 is 11.3 Å². The van der Waals surface area contributed by atoms with E-state index in [-0.39, 0.29) is 10.8 Å². The molecule has 1 heterocycles. The molecule has 0 radical (unpaired) electrons. The highest BCUT2D eigenvalue weighted by Gasteiger charge is 2.15. The molecule has 1 aliphatic carbocycles. The fourth-order valence-corrected chi connectivity index (χ4v) is 3.46. The predicted octanol–water partition coefficient (Wildman–Crippen LogP) is 4.16. The predicted molar refractivity (Wildman–Crippen MR) is 92.7 cm³/mol. The summed E-state index contributed by atoms with van der Waals surface area (Å²) in [4.78, 5) is 23.5. The number of thiophene rings is 1. The number of aromatic carboxylic acids is 1. The summed E-state index contributed by atoms with van der Waals surface area (Å²) < 4.78 is 5.86. The number of carbonyl (C=O) groups excluding carboxylic acids is 1. The van der Waals surface area contributed by atoms with Gasteiger partial charge in [-0.05, 0) is 42.7 Å². The maximum absolute atomic E-state index is 12.1. The Morgan fingerprint density at radius 2 is 1.75 bits per heavy atom. The van der Waals surface area contributed by atoms with E-state index in [2.05, 4.69) is 5.32 Å². The highest BCUT2D eigenvalue weighted by atomic mass is 32.1. The van der Waals surface area contributed by atoms with Gasteiger partial charge in [-0.1, -0.05) is 25.0 Å². The second kappa shape index (κ2) is 7.59. The molecule has 6 heteroatoms. The number of hydrogen-bond donors (Lipinski definition) is 2. The lowest BCUT2D eigenvalue weighted by molar-refractivity contribution is 0.0457. The highest BCUT2D eigenvalue weighted by Crippen LogP contribution is 2.23. The zero-order chi connectivity index (χ0) is 16.9. The number of hydrogen-bond acceptors (Lipinski definition) is 4. The van der Waals surface area contributed by atoms with Crippen molar-refractivity contribution >= 4 is 28.9 Å². The van der Waals surface area contributed by atoms with Gasteiger partial charge < -0.3 is 15.2 Å². The van der Waals surface area contributed by atoms with Crippen LogP contribution in [0.1, 0.15) is 50.6 Å². The van der Waals surface area contributed by atoms with Gasteiger partial charge in [-0.3, -0.25) is 4.79 Å². The van der Waals surface area contributed by atoms with Crippen LogP contribution in [0.4, 0.5) is 5.69 Å². The number of nitrogens with one attached hydrogen (secondary N) is 1. The van der Waals surface area contributed by atoms with Crippen LogP contribution in [-0.4, -0.2) is 23.1 Å². The fourth-order valence-electron chi connectivity index (χ4n) is 2.72. The van der Waals surface area contributed by atoms with Crippen molar-refractivity contribution in [3.8, 4) is 0 Å². The third-order valence-corrected chi connectivity index (χ3v) is 5.11. The smallest absolute Gasteiger partial charge is 0.345 e. The van der Waals surface area contributed by atoms with Crippen molar-refractivity contribution in [1.82, 2.24) is 0 Å². The van der Waals surface area contributed by atoms with Crippen molar-refractivity contribution in [2.75, 3.05) is 5.32 Å². The topological polar surface area (TPSA) is 75.6 Å². The van der Waals surface area contributed by atoms with Gasteiger partial charge in [0.25, 0.3) is 5.91 Å². The molecule has 0 spiro atoms. The van der Waals surface area contributed by atoms with Crippen LogP contribution in [0.25, 0.3) is 0 Å². The van der Waals surface area contributed by atoms with E-state index in [1.165, 1.54) is 25.0 Å². The number of ether oxygens (including phenoxy) is 1. The summed E-state index contributed by atoms with van der Waals surface area (Å²) in [5, 5.41) is 11.7. The first kappa shape index (κ1) is 16.7. The van der Waals surface area contributed by atoms with Gasteiger partial charge >= 0.3 is 5.97 Å². The molecule has 24 heavy (non-hydrogen) atoms. The van der Waals surface area contributed by atoms with Crippen LogP contribution in [-0.2, 0) is 11.3 Å². The van der Waals surface area contributed by atoms with Gasteiger partial charge in [0.15, 0.2) is 0 Å². The molecule has 3 rings (SSSR count). The van der Waals surface area contributed by atoms with Crippen molar-refractivity contribution in [2.45, 2.75) is 38.4 Å². The van der Waals surface area contributed by atoms with Gasteiger partial charge in [0.1, 0.15) is 4.88 Å². The molecule has 1 aliphatic rings. The molecule has 0 atom stereocenters. The molecule has 2 aromatic rings. The van der Waals surface area contributed by atoms with Gasteiger partial charge in [0.2, 0.25) is 0 Å². The SMILES string of the molecule is O=C(O)c1ccc(C(=O)Nc2ccc(COC3CCCC3)cc2)s1. The molecule has 2 N–H and O–H groups in total. The average Bonchev–Trinajstić information content (AvgIpc) is 3.26. The number of amides is 1. The number of rotatable bonds is 6. The van der Waals surface area contributed by atoms with Crippen LogP contribution < -0.4 is 5.32 Å². The quantitative estimate of drug-likeness (QED) is 0.824. The Balaban J connectivity index is 1.54. The normalized spacial score (nSPS) is 14.7. The molecule has 1 fully saturated rings. The van der Waals surface area contributed by atoms with Gasteiger partial charge in [0.05, 0.1) is 17.6 Å². The molecule has 0 bridgehead atoms. The van der Waals surface area contributed by atoms with Crippen LogP contribution in [0.5, 0.6) is 0 Å². The Morgan fingerprint density at radius 1 is 1.08 bits per heavy atom. The van der Waals surface area contributed by atoms with Gasteiger partial charge in [-0.25, -0.2) is 4.79 Å². The van der Waals surface area contributed by atoms with Crippen molar-refractivity contribution in [1.29, 1.82) is 0 Å². The second-order valence-electron chi connectivity index (χ2n) is 5.84. The Hall–Kier alpha value is -2.18. The van der Waals surface area contributed by atoms with E-state index < -0.39 is 5.97 Å². The summed E-state index contributed by atoms with van der Waals surface area (Å²) >= 11 is 0.962. The molecular formula is C18H19NO4S. The second-order valence-corrected chi connectivity index (χ2v) is 6.92. The van der Waals surface area contributed by atoms with Crippen molar-refractivity contribution in [2.24, 2.45) is 0 Å². The first-order valence-corrected chi connectivity index (χ1v) is 8.78. The summed E-state index contributed by atoms with van der Waals surface area (Å²) in [6.45, 7) is 0.589. The van der Waals surface area contributed by atoms with Crippen molar-refractivity contribution in [3.63, 3.8) is 0 Å². The third-order valence-electron chi connectivity index (χ3n) is 4.04. The first-order chi connectivity index (χ1) is 11.6. The molecule has 5 nitrogen and oxygen atoms in total. The zero-order valence-electron chi connectivity index (χ0n) is 13.2. The van der Waals surface area contributed by atoms with Crippen molar-refractivity contribution < 1.29 is 19.4 Å². The average molecular weight is 345 g/mol. The molecule has 1 amide bonds. The summed E-state index contributed by atoms with van der Waals surface area (Å²) in [6.07, 6.45) is 5.18. The van der Waals surface area contributed by atoms with Gasteiger partial charge in [-0.15, -0.1) is 11.3 Å². The van der Waals surface area contributed by atoms with Crippen LogP contribution in [0.3, 0.4) is 0 Å². The number of carboxylic acid groups (broad SMARTS) is 1. The van der Waals surface area contributed by atoms with E-state index in [4.69, 9.17) is 9.84 Å². The van der Waals surface area contributed by atoms with E-state index in [1.54, 1.807) is 0 Å². The van der Waals surface area contributed by atoms with Gasteiger partial charge in [0, 0.05) is 5.69 Å². The van der Waals surface area contributed by atoms with Crippen molar-refractivity contribution in [3.05, 3.63) is 51.7 Å². The summed E-state index contributed by atoms with van der Waals surface area (Å²) in [5.41, 5.74) is 1.75. The summed E-state index contributed by atoms with van der Waals surface area (Å²) in [5.74, 6) is -1.33. The minimum Gasteiger partial charge on any atom is -0.477 e. The lowest BCUT2D eigenvalue weighted by Crippen LogP contribution is -2.10. The minimum atomic E-state index is -1.02. The maximum Gasteiger partial charge on any atom is 0.345 e. The Bertz CT molecular complexity index is 717. The van der Waals surface area contributed by atoms with E-state index in [0.29, 0.717) is 23.3 Å². The maximum atomic E-state index is 12.1. The number of benzene rings is 1. The monoisotopic (exact) mass is 345 g/mol. The Morgan fingerprint density at radius 3 is 2.38 bits per heavy atom. The van der Waals surface area contributed by atoms with E-state index in [1.807, 2.05) is 24.3 Å². The molecule has 1 aromatic carbocycles. The van der Waals surface area contributed by atoms with Gasteiger partial charge in [-0.2, -0.15) is 0 Å². The van der Waals surface area contributed by atoms with Crippen LogP contribution in [0.15, 0.2) is 36.4 Å². The molecule has 0 unspecified atom stereocenters. The lowest BCUT2D eigenvalue weighted by atomic mass is 10.2. The molecule has 1 saturated carbocycles. The molecule has 1 aromatic heterocycles. The van der Waals surface area contributed by atoms with Crippen LogP contribution in [0, 0.1) is 0 Å². The van der Waals surface area contributed by atoms with E-state index in [0.717, 1.165) is 29.7 Å². The molecule has 0 aliphatic heterocycles. The first-order valence-electron chi connectivity index (χ1n) is 7.97. The number of carboxylic acids is 1. The Labute approximate surface area is 144 Å². The number of carbonyl (C=O) groups is 2. The van der Waals surface area contributed by atoms with E-state index in [9.17, 15) is 9.59 Å². The zero-order valence-corrected chi connectivity index (χ0v) is 14.0. The molecular weight excluding hydrogens is 326 g/mol. The third kappa shape index (κ3) is 4.21. The Kier molecular flexibility index (Phi) is 5.27. The number of anilines is 1. The minimum absolute atomic E-state index is 0.152. The van der Waals surface area contributed by atoms with E-state index >= 15 is 0 Å².